The van der Waals surface area contributed by atoms with E-state index in [-0.39, 0.29) is 22.3 Å². The lowest BCUT2D eigenvalue weighted by Gasteiger charge is -2.07. The maximum absolute atomic E-state index is 12.0. The van der Waals surface area contributed by atoms with Crippen molar-refractivity contribution in [2.75, 3.05) is 0 Å². The van der Waals surface area contributed by atoms with Crippen LogP contribution < -0.4 is 5.32 Å². The monoisotopic (exact) mass is 338 g/mol. The quantitative estimate of drug-likeness (QED) is 0.682. The molecule has 0 aliphatic carbocycles. The van der Waals surface area contributed by atoms with E-state index in [0.717, 1.165) is 0 Å². The minimum absolute atomic E-state index is 0.144. The van der Waals surface area contributed by atoms with Crippen LogP contribution in [0.3, 0.4) is 0 Å². The molecule has 0 bridgehead atoms. The Kier molecular flexibility index (Phi) is 4.14. The highest BCUT2D eigenvalue weighted by atomic mass is 79.9. The van der Waals surface area contributed by atoms with Crippen molar-refractivity contribution in [3.8, 4) is 0 Å². The van der Waals surface area contributed by atoms with Gasteiger partial charge in [-0.05, 0) is 22.0 Å². The first-order valence-corrected chi connectivity index (χ1v) is 6.47. The van der Waals surface area contributed by atoms with Gasteiger partial charge in [-0.1, -0.05) is 6.07 Å². The number of carbonyl (C=O) groups is 1. The van der Waals surface area contributed by atoms with Crippen LogP contribution in [0.5, 0.6) is 0 Å². The number of nitro benzene ring substituents is 1. The Morgan fingerprint density at radius 1 is 1.55 bits per heavy atom. The SMILES string of the molecule is Cn1ccnc1CNC(=O)c1cccc([N+](=O)[O-])c1Br. The number of amides is 1. The first-order chi connectivity index (χ1) is 9.50. The summed E-state index contributed by atoms with van der Waals surface area (Å²) in [6.45, 7) is 0.247. The summed E-state index contributed by atoms with van der Waals surface area (Å²) >= 11 is 3.09. The van der Waals surface area contributed by atoms with E-state index in [4.69, 9.17) is 0 Å². The minimum atomic E-state index is -0.542. The molecule has 1 aromatic carbocycles. The Hall–Kier alpha value is -2.22. The van der Waals surface area contributed by atoms with E-state index in [1.807, 2.05) is 7.05 Å². The number of carbonyl (C=O) groups excluding carboxylic acids is 1. The zero-order valence-corrected chi connectivity index (χ0v) is 12.1. The van der Waals surface area contributed by atoms with Gasteiger partial charge in [0.05, 0.1) is 17.0 Å². The number of nitro groups is 1. The highest BCUT2D eigenvalue weighted by Gasteiger charge is 2.19. The average Bonchev–Trinajstić information content (AvgIpc) is 2.81. The Labute approximate surface area is 122 Å². The largest absolute Gasteiger partial charge is 0.345 e. The summed E-state index contributed by atoms with van der Waals surface area (Å²) in [6.07, 6.45) is 3.40. The van der Waals surface area contributed by atoms with Gasteiger partial charge in [-0.2, -0.15) is 0 Å². The Morgan fingerprint density at radius 2 is 2.30 bits per heavy atom. The second-order valence-electron chi connectivity index (χ2n) is 4.03. The fraction of sp³-hybridized carbons (Fsp3) is 0.167. The molecule has 1 aromatic heterocycles. The van der Waals surface area contributed by atoms with Gasteiger partial charge in [-0.3, -0.25) is 14.9 Å². The highest BCUT2D eigenvalue weighted by Crippen LogP contribution is 2.28. The third kappa shape index (κ3) is 2.85. The molecule has 8 heteroatoms. The molecule has 7 nitrogen and oxygen atoms in total. The second kappa shape index (κ2) is 5.83. The normalized spacial score (nSPS) is 10.3. The number of nitrogens with zero attached hydrogens (tertiary/aromatic N) is 3. The van der Waals surface area contributed by atoms with Crippen LogP contribution in [0.25, 0.3) is 0 Å². The van der Waals surface area contributed by atoms with Crippen LogP contribution in [-0.2, 0) is 13.6 Å². The fourth-order valence-electron chi connectivity index (χ4n) is 1.66. The summed E-state index contributed by atoms with van der Waals surface area (Å²) in [6, 6.07) is 4.32. The molecule has 2 rings (SSSR count). The van der Waals surface area contributed by atoms with E-state index in [1.165, 1.54) is 18.2 Å². The molecule has 0 aliphatic rings. The van der Waals surface area contributed by atoms with E-state index in [2.05, 4.69) is 26.2 Å². The molecular formula is C12H11BrN4O3. The van der Waals surface area contributed by atoms with Crippen molar-refractivity contribution in [1.29, 1.82) is 0 Å². The van der Waals surface area contributed by atoms with Crippen LogP contribution in [0, 0.1) is 10.1 Å². The standard InChI is InChI=1S/C12H11BrN4O3/c1-16-6-5-14-10(16)7-15-12(18)8-3-2-4-9(11(8)13)17(19)20/h2-6H,7H2,1H3,(H,15,18). The maximum atomic E-state index is 12.0. The lowest BCUT2D eigenvalue weighted by atomic mass is 10.2. The maximum Gasteiger partial charge on any atom is 0.284 e. The number of aryl methyl sites for hydroxylation is 1. The number of benzene rings is 1. The highest BCUT2D eigenvalue weighted by molar-refractivity contribution is 9.10. The van der Waals surface area contributed by atoms with E-state index in [1.54, 1.807) is 17.0 Å². The van der Waals surface area contributed by atoms with Gasteiger partial charge in [-0.25, -0.2) is 4.98 Å². The molecule has 0 unspecified atom stereocenters. The first kappa shape index (κ1) is 14.2. The van der Waals surface area contributed by atoms with E-state index < -0.39 is 10.8 Å². The third-order valence-electron chi connectivity index (χ3n) is 2.75. The molecule has 20 heavy (non-hydrogen) atoms. The molecule has 0 aliphatic heterocycles. The van der Waals surface area contributed by atoms with Gasteiger partial charge in [0.25, 0.3) is 11.6 Å². The van der Waals surface area contributed by atoms with Crippen LogP contribution in [0.1, 0.15) is 16.2 Å². The van der Waals surface area contributed by atoms with Crippen molar-refractivity contribution in [2.24, 2.45) is 7.05 Å². The predicted molar refractivity (Wildman–Crippen MR) is 75.2 cm³/mol. The summed E-state index contributed by atoms with van der Waals surface area (Å²) in [5.41, 5.74) is 0.0723. The second-order valence-corrected chi connectivity index (χ2v) is 4.83. The van der Waals surface area contributed by atoms with E-state index in [9.17, 15) is 14.9 Å². The van der Waals surface area contributed by atoms with Crippen LogP contribution in [-0.4, -0.2) is 20.4 Å². The molecule has 0 radical (unpaired) electrons. The van der Waals surface area contributed by atoms with Crippen molar-refractivity contribution in [1.82, 2.24) is 14.9 Å². The van der Waals surface area contributed by atoms with Crippen LogP contribution in [0.2, 0.25) is 0 Å². The predicted octanol–water partition coefficient (Wildman–Crippen LogP) is 2.02. The molecule has 104 valence electrons. The summed E-state index contributed by atoms with van der Waals surface area (Å²) in [7, 11) is 1.82. The number of nitrogens with one attached hydrogen (secondary N) is 1. The van der Waals surface area contributed by atoms with E-state index in [0.29, 0.717) is 5.82 Å². The van der Waals surface area contributed by atoms with Crippen molar-refractivity contribution in [3.05, 3.63) is 56.6 Å². The number of rotatable bonds is 4. The van der Waals surface area contributed by atoms with Crippen LogP contribution in [0.4, 0.5) is 5.69 Å². The molecule has 0 atom stereocenters. The molecule has 1 amide bonds. The topological polar surface area (TPSA) is 90.1 Å². The Balaban J connectivity index is 2.16. The summed E-state index contributed by atoms with van der Waals surface area (Å²) in [5.74, 6) is 0.295. The fourth-order valence-corrected chi connectivity index (χ4v) is 2.25. The summed E-state index contributed by atoms with van der Waals surface area (Å²) in [5, 5.41) is 13.5. The Morgan fingerprint density at radius 3 is 2.90 bits per heavy atom. The van der Waals surface area contributed by atoms with Gasteiger partial charge in [-0.15, -0.1) is 0 Å². The molecular weight excluding hydrogens is 328 g/mol. The molecule has 1 heterocycles. The number of imidazole rings is 1. The molecule has 0 saturated heterocycles. The van der Waals surface area contributed by atoms with Crippen LogP contribution in [0.15, 0.2) is 35.1 Å². The molecule has 0 fully saturated rings. The van der Waals surface area contributed by atoms with Crippen LogP contribution >= 0.6 is 15.9 Å². The van der Waals surface area contributed by atoms with Gasteiger partial charge in [0.1, 0.15) is 10.3 Å². The smallest absolute Gasteiger partial charge is 0.284 e. The van der Waals surface area contributed by atoms with Gasteiger partial charge in [0.2, 0.25) is 0 Å². The summed E-state index contributed by atoms with van der Waals surface area (Å²) in [4.78, 5) is 26.4. The summed E-state index contributed by atoms with van der Waals surface area (Å²) < 4.78 is 1.95. The number of hydrogen-bond acceptors (Lipinski definition) is 4. The number of hydrogen-bond donors (Lipinski definition) is 1. The lowest BCUT2D eigenvalue weighted by molar-refractivity contribution is -0.385. The van der Waals surface area contributed by atoms with Gasteiger partial charge < -0.3 is 9.88 Å². The zero-order valence-electron chi connectivity index (χ0n) is 10.5. The number of halogens is 1. The van der Waals surface area contributed by atoms with E-state index >= 15 is 0 Å². The Bertz CT molecular complexity index is 668. The van der Waals surface area contributed by atoms with Crippen molar-refractivity contribution in [2.45, 2.75) is 6.54 Å². The molecule has 2 aromatic rings. The lowest BCUT2D eigenvalue weighted by Crippen LogP contribution is -2.24. The zero-order chi connectivity index (χ0) is 14.7. The van der Waals surface area contributed by atoms with Crippen molar-refractivity contribution in [3.63, 3.8) is 0 Å². The van der Waals surface area contributed by atoms with Gasteiger partial charge in [0, 0.05) is 25.5 Å². The minimum Gasteiger partial charge on any atom is -0.345 e. The molecule has 1 N–H and O–H groups in total. The average molecular weight is 339 g/mol. The number of aromatic nitrogens is 2. The van der Waals surface area contributed by atoms with Gasteiger partial charge >= 0.3 is 0 Å². The third-order valence-corrected chi connectivity index (χ3v) is 3.58. The van der Waals surface area contributed by atoms with Crippen molar-refractivity contribution < 1.29 is 9.72 Å². The molecule has 0 saturated carbocycles. The molecule has 0 spiro atoms. The van der Waals surface area contributed by atoms with Gasteiger partial charge in [0.15, 0.2) is 0 Å². The van der Waals surface area contributed by atoms with Crippen molar-refractivity contribution >= 4 is 27.5 Å². The first-order valence-electron chi connectivity index (χ1n) is 5.68.